The van der Waals surface area contributed by atoms with Crippen LogP contribution in [0.3, 0.4) is 0 Å². The quantitative estimate of drug-likeness (QED) is 0.367. The van der Waals surface area contributed by atoms with E-state index in [0.29, 0.717) is 17.9 Å². The standard InChI is InChI=1S/C30H41BrN2O2/c1-8-12-23-16-22(15-20-13-10-9-11-14-20)28(32-31)33(23)19-26(34)21-17-24(29(2,3)4)27(35)25(18-21)30(5,6)7/h9-11,13-14,17-18,22-23,35H,8,12,15-16,19H2,1-7H3/b32-28-/t22-,23-/m0/s1. The van der Waals surface area contributed by atoms with E-state index in [0.717, 1.165) is 42.6 Å². The van der Waals surface area contributed by atoms with Crippen LogP contribution in [0, 0.1) is 5.92 Å². The molecule has 5 heteroatoms. The molecular formula is C30H41BrN2O2. The molecule has 0 bridgehead atoms. The molecule has 0 saturated carbocycles. The maximum Gasteiger partial charge on any atom is 0.182 e. The lowest BCUT2D eigenvalue weighted by Gasteiger charge is -2.29. The first-order chi connectivity index (χ1) is 16.4. The van der Waals surface area contributed by atoms with Crippen molar-refractivity contribution in [3.63, 3.8) is 0 Å². The number of phenols is 1. The Morgan fingerprint density at radius 2 is 1.63 bits per heavy atom. The van der Waals surface area contributed by atoms with Crippen molar-refractivity contribution in [2.75, 3.05) is 6.54 Å². The second-order valence-corrected chi connectivity index (χ2v) is 12.3. The predicted molar refractivity (Wildman–Crippen MR) is 150 cm³/mol. The summed E-state index contributed by atoms with van der Waals surface area (Å²) in [7, 11) is 0. The van der Waals surface area contributed by atoms with E-state index in [9.17, 15) is 9.90 Å². The summed E-state index contributed by atoms with van der Waals surface area (Å²) in [5.74, 6) is 1.61. The van der Waals surface area contributed by atoms with Crippen LogP contribution >= 0.6 is 16.1 Å². The highest BCUT2D eigenvalue weighted by molar-refractivity contribution is 9.08. The number of Topliss-reactive ketones (excluding diaryl/α,β-unsaturated/α-hetero) is 1. The first-order valence-electron chi connectivity index (χ1n) is 12.8. The SMILES string of the molecule is CCC[C@H]1C[C@H](Cc2ccccc2)/C(=N/Br)N1CC(=O)c1cc(C(C)(C)C)c(O)c(C(C)(C)C)c1. The zero-order valence-corrected chi connectivity index (χ0v) is 23.9. The average Bonchev–Trinajstić information content (AvgIpc) is 3.08. The van der Waals surface area contributed by atoms with Gasteiger partial charge in [-0.3, -0.25) is 4.79 Å². The number of halogens is 1. The van der Waals surface area contributed by atoms with Gasteiger partial charge in [0.2, 0.25) is 0 Å². The number of hydrogen-bond acceptors (Lipinski definition) is 3. The summed E-state index contributed by atoms with van der Waals surface area (Å²) in [6.07, 6.45) is 4.00. The van der Waals surface area contributed by atoms with Gasteiger partial charge in [-0.15, -0.1) is 0 Å². The van der Waals surface area contributed by atoms with E-state index in [1.165, 1.54) is 5.56 Å². The summed E-state index contributed by atoms with van der Waals surface area (Å²) in [4.78, 5) is 16.0. The minimum Gasteiger partial charge on any atom is -0.507 e. The molecule has 2 atom stereocenters. The number of rotatable bonds is 7. The van der Waals surface area contributed by atoms with E-state index < -0.39 is 0 Å². The first kappa shape index (κ1) is 27.4. The molecule has 4 nitrogen and oxygen atoms in total. The molecule has 0 amide bonds. The van der Waals surface area contributed by atoms with E-state index in [4.69, 9.17) is 0 Å². The van der Waals surface area contributed by atoms with Gasteiger partial charge in [0.1, 0.15) is 11.6 Å². The molecule has 0 spiro atoms. The number of aromatic hydroxyl groups is 1. The molecule has 1 saturated heterocycles. The average molecular weight is 542 g/mol. The van der Waals surface area contributed by atoms with Gasteiger partial charge in [-0.1, -0.05) is 85.2 Å². The van der Waals surface area contributed by atoms with Crippen molar-refractivity contribution in [3.8, 4) is 5.75 Å². The second kappa shape index (κ2) is 10.9. The fraction of sp³-hybridized carbons (Fsp3) is 0.533. The van der Waals surface area contributed by atoms with Crippen LogP contribution in [-0.4, -0.2) is 34.2 Å². The van der Waals surface area contributed by atoms with Crippen molar-refractivity contribution in [1.82, 2.24) is 4.90 Å². The summed E-state index contributed by atoms with van der Waals surface area (Å²) in [5.41, 5.74) is 3.03. The summed E-state index contributed by atoms with van der Waals surface area (Å²) < 4.78 is 4.52. The zero-order chi connectivity index (χ0) is 26.0. The molecule has 1 heterocycles. The molecule has 1 aliphatic heterocycles. The Labute approximate surface area is 220 Å². The number of carbonyl (C=O) groups is 1. The smallest absolute Gasteiger partial charge is 0.182 e. The van der Waals surface area contributed by atoms with Crippen LogP contribution < -0.4 is 0 Å². The predicted octanol–water partition coefficient (Wildman–Crippen LogP) is 7.61. The fourth-order valence-corrected chi connectivity index (χ4v) is 5.67. The summed E-state index contributed by atoms with van der Waals surface area (Å²) >= 11 is 3.38. The number of likely N-dealkylation sites (tertiary alicyclic amines) is 1. The Kier molecular flexibility index (Phi) is 8.52. The summed E-state index contributed by atoms with van der Waals surface area (Å²) in [5, 5.41) is 11.1. The normalized spacial score (nSPS) is 20.0. The van der Waals surface area contributed by atoms with Gasteiger partial charge in [0.15, 0.2) is 5.78 Å². The highest BCUT2D eigenvalue weighted by Gasteiger charge is 2.38. The van der Waals surface area contributed by atoms with Crippen molar-refractivity contribution >= 4 is 27.8 Å². The highest BCUT2D eigenvalue weighted by atomic mass is 79.9. The van der Waals surface area contributed by atoms with Crippen LogP contribution in [0.15, 0.2) is 46.5 Å². The molecule has 3 rings (SSSR count). The van der Waals surface area contributed by atoms with Crippen molar-refractivity contribution in [2.24, 2.45) is 9.94 Å². The Bertz CT molecular complexity index is 1030. The Morgan fingerprint density at radius 3 is 2.11 bits per heavy atom. The van der Waals surface area contributed by atoms with Crippen LogP contribution in [0.25, 0.3) is 0 Å². The number of carbonyl (C=O) groups excluding carboxylic acids is 1. The van der Waals surface area contributed by atoms with E-state index in [-0.39, 0.29) is 28.6 Å². The van der Waals surface area contributed by atoms with Gasteiger partial charge in [-0.05, 0) is 47.8 Å². The number of phenolic OH excluding ortho intramolecular Hbond substituents is 1. The van der Waals surface area contributed by atoms with Gasteiger partial charge in [0.25, 0.3) is 0 Å². The Hall–Kier alpha value is -2.14. The highest BCUT2D eigenvalue weighted by Crippen LogP contribution is 2.40. The monoisotopic (exact) mass is 540 g/mol. The molecule has 0 aliphatic carbocycles. The van der Waals surface area contributed by atoms with Crippen LogP contribution in [0.2, 0.25) is 0 Å². The lowest BCUT2D eigenvalue weighted by Crippen LogP contribution is -2.38. The largest absolute Gasteiger partial charge is 0.507 e. The lowest BCUT2D eigenvalue weighted by atomic mass is 9.78. The fourth-order valence-electron chi connectivity index (χ4n) is 5.18. The van der Waals surface area contributed by atoms with Gasteiger partial charge in [-0.2, -0.15) is 4.02 Å². The van der Waals surface area contributed by atoms with Crippen molar-refractivity contribution in [1.29, 1.82) is 0 Å². The number of hydrogen-bond donors (Lipinski definition) is 1. The van der Waals surface area contributed by atoms with Crippen molar-refractivity contribution < 1.29 is 9.90 Å². The second-order valence-electron chi connectivity index (χ2n) is 12.0. The van der Waals surface area contributed by atoms with E-state index in [1.807, 2.05) is 18.2 Å². The Balaban J connectivity index is 1.94. The first-order valence-corrected chi connectivity index (χ1v) is 13.5. The van der Waals surface area contributed by atoms with Gasteiger partial charge in [-0.25, -0.2) is 0 Å². The topological polar surface area (TPSA) is 52.9 Å². The third-order valence-electron chi connectivity index (χ3n) is 7.05. The molecule has 35 heavy (non-hydrogen) atoms. The maximum atomic E-state index is 13.8. The van der Waals surface area contributed by atoms with Gasteiger partial charge < -0.3 is 10.0 Å². The van der Waals surface area contributed by atoms with E-state index >= 15 is 0 Å². The molecule has 2 aromatic rings. The van der Waals surface area contributed by atoms with E-state index in [1.54, 1.807) is 0 Å². The van der Waals surface area contributed by atoms with Crippen LogP contribution in [-0.2, 0) is 17.3 Å². The van der Waals surface area contributed by atoms with Crippen LogP contribution in [0.1, 0.15) is 94.8 Å². The van der Waals surface area contributed by atoms with Crippen molar-refractivity contribution in [3.05, 3.63) is 64.7 Å². The molecule has 0 aromatic heterocycles. The molecule has 2 aromatic carbocycles. The van der Waals surface area contributed by atoms with Gasteiger partial charge in [0, 0.05) is 28.7 Å². The van der Waals surface area contributed by atoms with Gasteiger partial charge >= 0.3 is 0 Å². The van der Waals surface area contributed by atoms with Gasteiger partial charge in [0.05, 0.1) is 22.7 Å². The molecule has 0 radical (unpaired) electrons. The van der Waals surface area contributed by atoms with Crippen molar-refractivity contribution in [2.45, 2.75) is 91.0 Å². The third-order valence-corrected chi connectivity index (χ3v) is 7.42. The van der Waals surface area contributed by atoms with Crippen LogP contribution in [0.5, 0.6) is 5.75 Å². The molecule has 1 aliphatic rings. The number of amidine groups is 1. The zero-order valence-electron chi connectivity index (χ0n) is 22.4. The van der Waals surface area contributed by atoms with E-state index in [2.05, 4.69) is 97.8 Å². The molecular weight excluding hydrogens is 500 g/mol. The lowest BCUT2D eigenvalue weighted by molar-refractivity contribution is 0.0950. The molecule has 190 valence electrons. The number of nitrogens with zero attached hydrogens (tertiary/aromatic N) is 2. The number of ketones is 1. The summed E-state index contributed by atoms with van der Waals surface area (Å²) in [6.45, 7) is 14.9. The molecule has 1 fully saturated rings. The minimum atomic E-state index is -0.276. The minimum absolute atomic E-state index is 0.0658. The molecule has 0 unspecified atom stereocenters. The summed E-state index contributed by atoms with van der Waals surface area (Å²) in [6, 6.07) is 14.6. The molecule has 1 N–H and O–H groups in total. The maximum absolute atomic E-state index is 13.8. The number of benzene rings is 2. The Morgan fingerprint density at radius 1 is 1.06 bits per heavy atom. The third kappa shape index (κ3) is 6.35. The van der Waals surface area contributed by atoms with Crippen LogP contribution in [0.4, 0.5) is 0 Å².